The summed E-state index contributed by atoms with van der Waals surface area (Å²) in [4.78, 5) is 0. The van der Waals surface area contributed by atoms with Crippen LogP contribution in [0.2, 0.25) is 20.1 Å². The van der Waals surface area contributed by atoms with Gasteiger partial charge < -0.3 is 20.4 Å². The zero-order valence-electron chi connectivity index (χ0n) is 14.1. The van der Waals surface area contributed by atoms with E-state index in [9.17, 15) is 10.2 Å². The molecule has 2 aromatic carbocycles. The number of benzene rings is 2. The molecule has 4 N–H and O–H groups in total. The van der Waals surface area contributed by atoms with Gasteiger partial charge in [-0.2, -0.15) is 0 Å². The van der Waals surface area contributed by atoms with Gasteiger partial charge in [-0.1, -0.05) is 58.5 Å². The SMILES string of the molecule is C[C@@H](O)[C@H](O)c1ccc(Cl)cc1Cl.C[C@H](O)[C@@H](O)c1ccc(Cl)cc1Cl. The Balaban J connectivity index is 0.000000260. The third-order valence-electron chi connectivity index (χ3n) is 3.48. The van der Waals surface area contributed by atoms with Gasteiger partial charge in [-0.15, -0.1) is 0 Å². The van der Waals surface area contributed by atoms with Crippen molar-refractivity contribution in [3.05, 3.63) is 67.6 Å². The van der Waals surface area contributed by atoms with Crippen LogP contribution < -0.4 is 0 Å². The molecule has 0 saturated heterocycles. The molecule has 2 rings (SSSR count). The highest BCUT2D eigenvalue weighted by Gasteiger charge is 2.17. The molecule has 0 aliphatic rings. The molecule has 0 radical (unpaired) electrons. The second kappa shape index (κ2) is 10.7. The summed E-state index contributed by atoms with van der Waals surface area (Å²) in [6.07, 6.45) is -3.63. The Labute approximate surface area is 172 Å². The van der Waals surface area contributed by atoms with E-state index in [4.69, 9.17) is 56.6 Å². The highest BCUT2D eigenvalue weighted by Crippen LogP contribution is 2.28. The van der Waals surface area contributed by atoms with Crippen molar-refractivity contribution in [2.75, 3.05) is 0 Å². The van der Waals surface area contributed by atoms with E-state index in [-0.39, 0.29) is 0 Å². The first-order valence-electron chi connectivity index (χ1n) is 7.66. The number of hydrogen-bond acceptors (Lipinski definition) is 4. The molecule has 0 aliphatic heterocycles. The Morgan fingerprint density at radius 2 is 0.923 bits per heavy atom. The molecule has 0 aromatic heterocycles. The highest BCUT2D eigenvalue weighted by molar-refractivity contribution is 6.35. The Hall–Kier alpha value is -0.560. The fourth-order valence-corrected chi connectivity index (χ4v) is 3.04. The second-order valence-corrected chi connectivity index (χ2v) is 7.39. The predicted molar refractivity (Wildman–Crippen MR) is 106 cm³/mol. The second-order valence-electron chi connectivity index (χ2n) is 5.70. The van der Waals surface area contributed by atoms with Gasteiger partial charge in [0.15, 0.2) is 0 Å². The number of hydrogen-bond donors (Lipinski definition) is 4. The minimum absolute atomic E-state index is 0.362. The molecule has 0 bridgehead atoms. The summed E-state index contributed by atoms with van der Waals surface area (Å²) >= 11 is 23.0. The lowest BCUT2D eigenvalue weighted by molar-refractivity contribution is 0.0306. The van der Waals surface area contributed by atoms with Gasteiger partial charge in [0.25, 0.3) is 0 Å². The zero-order valence-corrected chi connectivity index (χ0v) is 17.1. The maximum Gasteiger partial charge on any atom is 0.106 e. The van der Waals surface area contributed by atoms with Crippen LogP contribution in [0.4, 0.5) is 0 Å². The highest BCUT2D eigenvalue weighted by atomic mass is 35.5. The van der Waals surface area contributed by atoms with Gasteiger partial charge >= 0.3 is 0 Å². The van der Waals surface area contributed by atoms with Gasteiger partial charge in [-0.05, 0) is 38.1 Å². The molecule has 0 fully saturated rings. The molecule has 2 aromatic rings. The Morgan fingerprint density at radius 1 is 0.615 bits per heavy atom. The van der Waals surface area contributed by atoms with Gasteiger partial charge in [0.05, 0.1) is 12.2 Å². The number of rotatable bonds is 4. The normalized spacial score (nSPS) is 15.5. The maximum absolute atomic E-state index is 9.49. The molecule has 0 unspecified atom stereocenters. The van der Waals surface area contributed by atoms with Gasteiger partial charge in [0.1, 0.15) is 12.2 Å². The van der Waals surface area contributed by atoms with Crippen molar-refractivity contribution in [2.24, 2.45) is 0 Å². The standard InChI is InChI=1S/2C9H10Cl2O2/c2*1-5(12)9(13)7-3-2-6(10)4-8(7)11/h2*2-5,9,12-13H,1H3/t2*5-,9+/m10/s1. The molecule has 8 heteroatoms. The number of halogens is 4. The van der Waals surface area contributed by atoms with E-state index in [1.807, 2.05) is 0 Å². The summed E-state index contributed by atoms with van der Waals surface area (Å²) < 4.78 is 0. The van der Waals surface area contributed by atoms with Crippen molar-refractivity contribution in [1.29, 1.82) is 0 Å². The number of aliphatic hydroxyl groups excluding tert-OH is 4. The van der Waals surface area contributed by atoms with Crippen LogP contribution in [0.5, 0.6) is 0 Å². The molecule has 26 heavy (non-hydrogen) atoms. The van der Waals surface area contributed by atoms with Crippen LogP contribution in [0, 0.1) is 0 Å². The molecule has 144 valence electrons. The maximum atomic E-state index is 9.49. The smallest absolute Gasteiger partial charge is 0.106 e. The summed E-state index contributed by atoms with van der Waals surface area (Å²) in [6.45, 7) is 2.99. The third-order valence-corrected chi connectivity index (χ3v) is 4.60. The zero-order chi connectivity index (χ0) is 20.0. The summed E-state index contributed by atoms with van der Waals surface area (Å²) in [5.41, 5.74) is 0.974. The summed E-state index contributed by atoms with van der Waals surface area (Å²) in [5, 5.41) is 39.0. The molecular weight excluding hydrogens is 422 g/mol. The molecular formula is C18H20Cl4O4. The van der Waals surface area contributed by atoms with Crippen LogP contribution in [0.25, 0.3) is 0 Å². The lowest BCUT2D eigenvalue weighted by Gasteiger charge is -2.15. The molecule has 4 nitrogen and oxygen atoms in total. The minimum atomic E-state index is -0.968. The Bertz CT molecular complexity index is 661. The van der Waals surface area contributed by atoms with E-state index in [0.717, 1.165) is 0 Å². The van der Waals surface area contributed by atoms with E-state index in [0.29, 0.717) is 31.2 Å². The van der Waals surface area contributed by atoms with Crippen LogP contribution in [0.3, 0.4) is 0 Å². The largest absolute Gasteiger partial charge is 0.390 e. The van der Waals surface area contributed by atoms with E-state index in [2.05, 4.69) is 0 Å². The van der Waals surface area contributed by atoms with Gasteiger partial charge in [0.2, 0.25) is 0 Å². The predicted octanol–water partition coefficient (Wildman–Crippen LogP) is 4.82. The van der Waals surface area contributed by atoms with Gasteiger partial charge in [-0.25, -0.2) is 0 Å². The van der Waals surface area contributed by atoms with Crippen molar-refractivity contribution in [1.82, 2.24) is 0 Å². The molecule has 0 heterocycles. The summed E-state index contributed by atoms with van der Waals surface area (Å²) in [6, 6.07) is 9.50. The molecule has 0 aliphatic carbocycles. The Kier molecular flexibility index (Phi) is 9.65. The quantitative estimate of drug-likeness (QED) is 0.548. The monoisotopic (exact) mass is 440 g/mol. The van der Waals surface area contributed by atoms with E-state index >= 15 is 0 Å². The van der Waals surface area contributed by atoms with E-state index in [1.54, 1.807) is 24.3 Å². The first kappa shape index (κ1) is 23.5. The van der Waals surface area contributed by atoms with E-state index < -0.39 is 24.4 Å². The van der Waals surface area contributed by atoms with Gasteiger partial charge in [-0.3, -0.25) is 0 Å². The average Bonchev–Trinajstić information content (AvgIpc) is 2.54. The fraction of sp³-hybridized carbons (Fsp3) is 0.333. The van der Waals surface area contributed by atoms with Crippen molar-refractivity contribution in [3.63, 3.8) is 0 Å². The molecule has 4 atom stereocenters. The Morgan fingerprint density at radius 3 is 1.15 bits per heavy atom. The lowest BCUT2D eigenvalue weighted by atomic mass is 10.1. The third kappa shape index (κ3) is 6.87. The van der Waals surface area contributed by atoms with Crippen molar-refractivity contribution < 1.29 is 20.4 Å². The van der Waals surface area contributed by atoms with Crippen LogP contribution in [-0.2, 0) is 0 Å². The molecule has 0 amide bonds. The average molecular weight is 442 g/mol. The fourth-order valence-electron chi connectivity index (χ4n) is 2.00. The molecule has 0 spiro atoms. The van der Waals surface area contributed by atoms with Crippen LogP contribution in [0.15, 0.2) is 36.4 Å². The first-order valence-corrected chi connectivity index (χ1v) is 9.18. The van der Waals surface area contributed by atoms with Crippen molar-refractivity contribution in [3.8, 4) is 0 Å². The van der Waals surface area contributed by atoms with E-state index in [1.165, 1.54) is 26.0 Å². The summed E-state index contributed by atoms with van der Waals surface area (Å²) in [5.74, 6) is 0. The van der Waals surface area contributed by atoms with Crippen LogP contribution in [-0.4, -0.2) is 32.6 Å². The van der Waals surface area contributed by atoms with Crippen molar-refractivity contribution in [2.45, 2.75) is 38.3 Å². The molecule has 0 saturated carbocycles. The van der Waals surface area contributed by atoms with Gasteiger partial charge in [0, 0.05) is 31.2 Å². The topological polar surface area (TPSA) is 80.9 Å². The van der Waals surface area contributed by atoms with Crippen molar-refractivity contribution >= 4 is 46.4 Å². The minimum Gasteiger partial charge on any atom is -0.390 e. The summed E-state index contributed by atoms with van der Waals surface area (Å²) in [7, 11) is 0. The first-order chi connectivity index (χ1) is 12.0. The van der Waals surface area contributed by atoms with Crippen LogP contribution in [0.1, 0.15) is 37.2 Å². The lowest BCUT2D eigenvalue weighted by Crippen LogP contribution is -2.14. The number of aliphatic hydroxyl groups is 4. The van der Waals surface area contributed by atoms with Crippen LogP contribution >= 0.6 is 46.4 Å².